The Labute approximate surface area is 183 Å². The lowest BCUT2D eigenvalue weighted by atomic mass is 10.1. The van der Waals surface area contributed by atoms with Crippen LogP contribution in [0.25, 0.3) is 5.65 Å². The first-order valence-electron chi connectivity index (χ1n) is 9.91. The zero-order valence-electron chi connectivity index (χ0n) is 17.2. The number of hydrogen-bond donors (Lipinski definition) is 1. The van der Waals surface area contributed by atoms with E-state index in [4.69, 9.17) is 21.1 Å². The predicted octanol–water partition coefficient (Wildman–Crippen LogP) is 3.37. The Kier molecular flexibility index (Phi) is 6.24. The van der Waals surface area contributed by atoms with Gasteiger partial charge in [-0.3, -0.25) is 4.79 Å². The minimum absolute atomic E-state index is 0.0189. The van der Waals surface area contributed by atoms with Gasteiger partial charge in [0.25, 0.3) is 5.91 Å². The summed E-state index contributed by atoms with van der Waals surface area (Å²) in [5.74, 6) is 0.471. The lowest BCUT2D eigenvalue weighted by Crippen LogP contribution is -2.44. The Balaban J connectivity index is 1.63. The Hall–Kier alpha value is -2.91. The molecule has 0 saturated carbocycles. The number of carbonyl (C=O) groups excluding carboxylic acids is 1. The number of rotatable bonds is 6. The predicted molar refractivity (Wildman–Crippen MR) is 115 cm³/mol. The zero-order valence-corrected chi connectivity index (χ0v) is 18.0. The van der Waals surface area contributed by atoms with E-state index < -0.39 is 12.7 Å². The lowest BCUT2D eigenvalue weighted by Gasteiger charge is -2.31. The summed E-state index contributed by atoms with van der Waals surface area (Å²) in [6.07, 6.45) is 1.58. The Morgan fingerprint density at radius 2 is 2.29 bits per heavy atom. The highest BCUT2D eigenvalue weighted by molar-refractivity contribution is 6.30. The van der Waals surface area contributed by atoms with Gasteiger partial charge in [-0.2, -0.15) is 4.98 Å². The van der Waals surface area contributed by atoms with Gasteiger partial charge in [-0.15, -0.1) is 5.10 Å². The number of fused-ring (bicyclic) bond motifs is 1. The third kappa shape index (κ3) is 4.57. The minimum Gasteiger partial charge on any atom is -0.493 e. The normalized spacial score (nSPS) is 17.5. The maximum Gasteiger partial charge on any atom is 0.255 e. The van der Waals surface area contributed by atoms with Gasteiger partial charge in [0, 0.05) is 24.3 Å². The minimum atomic E-state index is -0.675. The van der Waals surface area contributed by atoms with Gasteiger partial charge >= 0.3 is 0 Å². The van der Waals surface area contributed by atoms with Crippen molar-refractivity contribution < 1.29 is 18.7 Å². The van der Waals surface area contributed by atoms with Crippen molar-refractivity contribution in [3.8, 4) is 5.75 Å². The Morgan fingerprint density at radius 1 is 1.45 bits per heavy atom. The molecule has 2 unspecified atom stereocenters. The number of morpholine rings is 1. The molecule has 0 bridgehead atoms. The molecular formula is C21H23ClFN5O3. The summed E-state index contributed by atoms with van der Waals surface area (Å²) >= 11 is 6.03. The van der Waals surface area contributed by atoms with Crippen LogP contribution in [0.1, 0.15) is 28.9 Å². The van der Waals surface area contributed by atoms with Crippen LogP contribution >= 0.6 is 11.6 Å². The first-order chi connectivity index (χ1) is 15.0. The van der Waals surface area contributed by atoms with Crippen molar-refractivity contribution in [3.05, 3.63) is 52.7 Å². The number of nitrogens with zero attached hydrogens (tertiary/aromatic N) is 4. The van der Waals surface area contributed by atoms with E-state index in [-0.39, 0.29) is 18.0 Å². The molecule has 10 heteroatoms. The number of alkyl halides is 1. The van der Waals surface area contributed by atoms with Gasteiger partial charge in [-0.05, 0) is 30.7 Å². The SMILES string of the molecule is COc1cc(C(=O)N2CCOC(C)C2)cn2nc(NC(CF)c3cccc(Cl)c3)nc12. The molecule has 4 rings (SSSR count). The average Bonchev–Trinajstić information content (AvgIpc) is 3.18. The van der Waals surface area contributed by atoms with Crippen molar-refractivity contribution in [2.24, 2.45) is 0 Å². The zero-order chi connectivity index (χ0) is 22.0. The molecule has 164 valence electrons. The number of nitrogens with one attached hydrogen (secondary N) is 1. The number of amides is 1. The van der Waals surface area contributed by atoms with E-state index in [1.54, 1.807) is 41.4 Å². The van der Waals surface area contributed by atoms with E-state index in [2.05, 4.69) is 15.4 Å². The number of anilines is 1. The molecule has 3 aromatic rings. The van der Waals surface area contributed by atoms with Gasteiger partial charge < -0.3 is 19.7 Å². The lowest BCUT2D eigenvalue weighted by molar-refractivity contribution is -0.0124. The second-order valence-electron chi connectivity index (χ2n) is 7.34. The van der Waals surface area contributed by atoms with Crippen LogP contribution in [0.5, 0.6) is 5.75 Å². The van der Waals surface area contributed by atoms with Crippen LogP contribution in [-0.2, 0) is 4.74 Å². The number of ether oxygens (including phenoxy) is 2. The fourth-order valence-electron chi connectivity index (χ4n) is 3.56. The third-order valence-corrected chi connectivity index (χ3v) is 5.34. The summed E-state index contributed by atoms with van der Waals surface area (Å²) in [5, 5.41) is 7.88. The second kappa shape index (κ2) is 9.07. The van der Waals surface area contributed by atoms with Crippen LogP contribution in [0, 0.1) is 0 Å². The Bertz CT molecular complexity index is 1090. The third-order valence-electron chi connectivity index (χ3n) is 5.10. The van der Waals surface area contributed by atoms with E-state index >= 15 is 0 Å². The number of aromatic nitrogens is 3. The smallest absolute Gasteiger partial charge is 0.255 e. The molecule has 8 nitrogen and oxygen atoms in total. The van der Waals surface area contributed by atoms with E-state index in [1.165, 1.54) is 11.6 Å². The molecule has 2 atom stereocenters. The molecule has 0 radical (unpaired) electrons. The van der Waals surface area contributed by atoms with Crippen molar-refractivity contribution in [2.45, 2.75) is 19.1 Å². The van der Waals surface area contributed by atoms with Crippen molar-refractivity contribution in [1.29, 1.82) is 0 Å². The molecule has 1 saturated heterocycles. The van der Waals surface area contributed by atoms with E-state index in [0.29, 0.717) is 47.2 Å². The summed E-state index contributed by atoms with van der Waals surface area (Å²) in [4.78, 5) is 19.1. The number of carbonyl (C=O) groups is 1. The number of pyridine rings is 1. The van der Waals surface area contributed by atoms with Gasteiger partial charge in [0.1, 0.15) is 6.67 Å². The van der Waals surface area contributed by atoms with Crippen LogP contribution in [0.4, 0.5) is 10.3 Å². The fourth-order valence-corrected chi connectivity index (χ4v) is 3.76. The number of hydrogen-bond acceptors (Lipinski definition) is 6. The van der Waals surface area contributed by atoms with Gasteiger partial charge in [-0.1, -0.05) is 23.7 Å². The summed E-state index contributed by atoms with van der Waals surface area (Å²) in [5.41, 5.74) is 1.52. The molecule has 1 aromatic carbocycles. The maximum absolute atomic E-state index is 13.7. The highest BCUT2D eigenvalue weighted by Gasteiger charge is 2.24. The maximum atomic E-state index is 13.7. The molecule has 1 aliphatic heterocycles. The van der Waals surface area contributed by atoms with Gasteiger partial charge in [0.05, 0.1) is 31.4 Å². The summed E-state index contributed by atoms with van der Waals surface area (Å²) in [7, 11) is 1.50. The van der Waals surface area contributed by atoms with Crippen LogP contribution in [0.2, 0.25) is 5.02 Å². The molecule has 1 fully saturated rings. The molecule has 0 aliphatic carbocycles. The van der Waals surface area contributed by atoms with Crippen molar-refractivity contribution in [3.63, 3.8) is 0 Å². The van der Waals surface area contributed by atoms with E-state index in [9.17, 15) is 9.18 Å². The van der Waals surface area contributed by atoms with Crippen LogP contribution in [-0.4, -0.2) is 65.0 Å². The number of methoxy groups -OCH3 is 1. The van der Waals surface area contributed by atoms with E-state index in [0.717, 1.165) is 0 Å². The molecule has 1 aliphatic rings. The standard InChI is InChI=1S/C21H23ClFN5O3/c1-13-11-27(6-7-31-13)20(29)15-9-18(30-2)19-25-21(26-28(19)12-15)24-17(10-23)14-4-3-5-16(22)8-14/h3-5,8-9,12-13,17H,6-7,10-11H2,1-2H3,(H,24,26). The topological polar surface area (TPSA) is 81.0 Å². The highest BCUT2D eigenvalue weighted by Crippen LogP contribution is 2.25. The van der Waals surface area contributed by atoms with Gasteiger partial charge in [-0.25, -0.2) is 8.91 Å². The molecule has 31 heavy (non-hydrogen) atoms. The average molecular weight is 448 g/mol. The summed E-state index contributed by atoms with van der Waals surface area (Å²) < 4.78 is 26.1. The molecule has 1 N–H and O–H groups in total. The quantitative estimate of drug-likeness (QED) is 0.624. The van der Waals surface area contributed by atoms with Crippen molar-refractivity contribution in [2.75, 3.05) is 38.8 Å². The monoisotopic (exact) mass is 447 g/mol. The van der Waals surface area contributed by atoms with Crippen molar-refractivity contribution >= 4 is 29.1 Å². The summed E-state index contributed by atoms with van der Waals surface area (Å²) in [6.45, 7) is 2.79. The molecule has 3 heterocycles. The number of benzene rings is 1. The summed E-state index contributed by atoms with van der Waals surface area (Å²) in [6, 6.07) is 7.92. The fraction of sp³-hybridized carbons (Fsp3) is 0.381. The molecule has 0 spiro atoms. The highest BCUT2D eigenvalue weighted by atomic mass is 35.5. The largest absolute Gasteiger partial charge is 0.493 e. The number of halogens is 2. The van der Waals surface area contributed by atoms with E-state index in [1.807, 2.05) is 6.92 Å². The second-order valence-corrected chi connectivity index (χ2v) is 7.78. The first-order valence-corrected chi connectivity index (χ1v) is 10.3. The van der Waals surface area contributed by atoms with Gasteiger partial charge in [0.15, 0.2) is 11.4 Å². The Morgan fingerprint density at radius 3 is 3.00 bits per heavy atom. The van der Waals surface area contributed by atoms with Crippen molar-refractivity contribution in [1.82, 2.24) is 19.5 Å². The van der Waals surface area contributed by atoms with Crippen LogP contribution in [0.3, 0.4) is 0 Å². The first kappa shape index (κ1) is 21.3. The van der Waals surface area contributed by atoms with Gasteiger partial charge in [0.2, 0.25) is 5.95 Å². The van der Waals surface area contributed by atoms with Crippen LogP contribution < -0.4 is 10.1 Å². The molecular weight excluding hydrogens is 425 g/mol. The molecule has 1 amide bonds. The van der Waals surface area contributed by atoms with Crippen LogP contribution in [0.15, 0.2) is 36.5 Å². The molecule has 2 aromatic heterocycles.